The first-order valence-electron chi connectivity index (χ1n) is 12.0. The summed E-state index contributed by atoms with van der Waals surface area (Å²) in [6.07, 6.45) is 0. The van der Waals surface area contributed by atoms with Gasteiger partial charge in [0.05, 0.1) is 20.1 Å². The highest BCUT2D eigenvalue weighted by molar-refractivity contribution is 5.74. The molecule has 0 fully saturated rings. The quantitative estimate of drug-likeness (QED) is 0.338. The number of allylic oxidation sites excluding steroid dienone is 1. The van der Waals surface area contributed by atoms with E-state index in [9.17, 15) is 10.1 Å². The van der Waals surface area contributed by atoms with Gasteiger partial charge in [-0.3, -0.25) is 0 Å². The first-order chi connectivity index (χ1) is 18.1. The summed E-state index contributed by atoms with van der Waals surface area (Å²) in [5.74, 6) is 1.16. The van der Waals surface area contributed by atoms with E-state index in [1.807, 2.05) is 24.3 Å². The van der Waals surface area contributed by atoms with Crippen LogP contribution in [0.4, 0.5) is 0 Å². The number of hydrogen-bond acceptors (Lipinski definition) is 8. The van der Waals surface area contributed by atoms with Crippen LogP contribution in [-0.4, -0.2) is 26.8 Å². The molecule has 1 atom stereocenters. The van der Waals surface area contributed by atoms with Crippen LogP contribution in [-0.2, 0) is 10.2 Å². The minimum atomic E-state index is -0.576. The molecule has 2 N–H and O–H groups in total. The van der Waals surface area contributed by atoms with Gasteiger partial charge in [-0.05, 0) is 47.4 Å². The predicted molar refractivity (Wildman–Crippen MR) is 142 cm³/mol. The van der Waals surface area contributed by atoms with E-state index >= 15 is 0 Å². The van der Waals surface area contributed by atoms with Crippen LogP contribution in [0.2, 0.25) is 0 Å². The second-order valence-corrected chi connectivity index (χ2v) is 9.77. The normalized spacial score (nSPS) is 14.6. The molecule has 1 aliphatic rings. The maximum absolute atomic E-state index is 12.5. The predicted octanol–water partition coefficient (Wildman–Crippen LogP) is 5.20. The maximum atomic E-state index is 12.5. The first kappa shape index (κ1) is 26.4. The highest BCUT2D eigenvalue weighted by Crippen LogP contribution is 2.46. The molecule has 0 aliphatic carbocycles. The Hall–Kier alpha value is -4.64. The summed E-state index contributed by atoms with van der Waals surface area (Å²) < 4.78 is 27.8. The van der Waals surface area contributed by atoms with Gasteiger partial charge in [-0.15, -0.1) is 0 Å². The van der Waals surface area contributed by atoms with Gasteiger partial charge in [0.25, 0.3) is 0 Å². The molecular formula is C30H30N2O6. The van der Waals surface area contributed by atoms with Crippen molar-refractivity contribution in [3.8, 4) is 34.8 Å². The zero-order valence-corrected chi connectivity index (χ0v) is 22.0. The SMILES string of the molecule is COc1ccc(OC)c(C2C(C#N)=C(N)Oc3cc(OC(=O)COc4ccc(C(C)(C)C)cc4)ccc32)c1. The van der Waals surface area contributed by atoms with E-state index in [1.165, 1.54) is 5.56 Å². The average molecular weight is 515 g/mol. The number of methoxy groups -OCH3 is 2. The van der Waals surface area contributed by atoms with E-state index in [0.717, 1.165) is 0 Å². The monoisotopic (exact) mass is 514 g/mol. The van der Waals surface area contributed by atoms with E-state index in [-0.39, 0.29) is 29.2 Å². The minimum Gasteiger partial charge on any atom is -0.497 e. The van der Waals surface area contributed by atoms with E-state index in [1.54, 1.807) is 50.6 Å². The van der Waals surface area contributed by atoms with E-state index in [2.05, 4.69) is 26.8 Å². The third-order valence-corrected chi connectivity index (χ3v) is 6.25. The van der Waals surface area contributed by atoms with E-state index < -0.39 is 11.9 Å². The van der Waals surface area contributed by atoms with Crippen molar-refractivity contribution in [3.05, 3.63) is 88.8 Å². The molecule has 0 radical (unpaired) electrons. The Kier molecular flexibility index (Phi) is 7.49. The number of benzene rings is 3. The smallest absolute Gasteiger partial charge is 0.349 e. The highest BCUT2D eigenvalue weighted by atomic mass is 16.6. The summed E-state index contributed by atoms with van der Waals surface area (Å²) >= 11 is 0. The molecule has 0 bridgehead atoms. The molecule has 1 unspecified atom stereocenters. The molecule has 0 aromatic heterocycles. The molecule has 0 amide bonds. The van der Waals surface area contributed by atoms with Crippen LogP contribution in [0.5, 0.6) is 28.7 Å². The minimum absolute atomic E-state index is 0.0231. The van der Waals surface area contributed by atoms with Crippen LogP contribution in [0.3, 0.4) is 0 Å². The molecule has 196 valence electrons. The summed E-state index contributed by atoms with van der Waals surface area (Å²) in [5.41, 5.74) is 8.91. The third-order valence-electron chi connectivity index (χ3n) is 6.25. The van der Waals surface area contributed by atoms with Crippen molar-refractivity contribution in [1.82, 2.24) is 0 Å². The summed E-state index contributed by atoms with van der Waals surface area (Å²) in [6.45, 7) is 6.12. The standard InChI is InChI=1S/C30H30N2O6/c1-30(2,3)18-6-8-19(9-7-18)36-17-27(33)37-21-10-12-22-26(15-21)38-29(32)24(16-31)28(22)23-14-20(34-4)11-13-25(23)35-5/h6-15,28H,17,32H2,1-5H3. The van der Waals surface area contributed by atoms with Crippen LogP contribution in [0.25, 0.3) is 0 Å². The highest BCUT2D eigenvalue weighted by Gasteiger charge is 2.33. The van der Waals surface area contributed by atoms with Gasteiger partial charge in [-0.2, -0.15) is 5.26 Å². The van der Waals surface area contributed by atoms with Crippen molar-refractivity contribution in [2.24, 2.45) is 5.73 Å². The molecule has 0 saturated heterocycles. The summed E-state index contributed by atoms with van der Waals surface area (Å²) in [7, 11) is 3.11. The number of carbonyl (C=O) groups is 1. The molecule has 0 spiro atoms. The number of ether oxygens (including phenoxy) is 5. The molecule has 3 aromatic carbocycles. The van der Waals surface area contributed by atoms with Crippen LogP contribution in [0, 0.1) is 11.3 Å². The van der Waals surface area contributed by atoms with E-state index in [0.29, 0.717) is 34.1 Å². The lowest BCUT2D eigenvalue weighted by molar-refractivity contribution is -0.136. The van der Waals surface area contributed by atoms with Crippen LogP contribution >= 0.6 is 0 Å². The number of rotatable bonds is 7. The number of carbonyl (C=O) groups excluding carboxylic acids is 1. The van der Waals surface area contributed by atoms with Gasteiger partial charge < -0.3 is 29.4 Å². The fraction of sp³-hybridized carbons (Fsp3) is 0.267. The van der Waals surface area contributed by atoms with Crippen molar-refractivity contribution < 1.29 is 28.5 Å². The Balaban J connectivity index is 1.54. The Morgan fingerprint density at radius 2 is 1.63 bits per heavy atom. The second-order valence-electron chi connectivity index (χ2n) is 9.77. The largest absolute Gasteiger partial charge is 0.497 e. The fourth-order valence-corrected chi connectivity index (χ4v) is 4.24. The van der Waals surface area contributed by atoms with Crippen LogP contribution in [0.1, 0.15) is 43.4 Å². The van der Waals surface area contributed by atoms with Crippen molar-refractivity contribution >= 4 is 5.97 Å². The Morgan fingerprint density at radius 3 is 2.26 bits per heavy atom. The zero-order valence-electron chi connectivity index (χ0n) is 22.0. The lowest BCUT2D eigenvalue weighted by Gasteiger charge is -2.28. The molecule has 0 saturated carbocycles. The number of nitriles is 1. The van der Waals surface area contributed by atoms with Crippen LogP contribution in [0.15, 0.2) is 72.1 Å². The first-order valence-corrected chi connectivity index (χ1v) is 12.0. The molecule has 8 nitrogen and oxygen atoms in total. The lowest BCUT2D eigenvalue weighted by Crippen LogP contribution is -2.22. The van der Waals surface area contributed by atoms with Crippen molar-refractivity contribution in [2.75, 3.05) is 20.8 Å². The lowest BCUT2D eigenvalue weighted by atomic mass is 9.83. The number of fused-ring (bicyclic) bond motifs is 1. The van der Waals surface area contributed by atoms with E-state index in [4.69, 9.17) is 29.4 Å². The fourth-order valence-electron chi connectivity index (χ4n) is 4.24. The van der Waals surface area contributed by atoms with Crippen molar-refractivity contribution in [1.29, 1.82) is 5.26 Å². The average Bonchev–Trinajstić information content (AvgIpc) is 2.90. The summed E-state index contributed by atoms with van der Waals surface area (Å²) in [5, 5.41) is 9.87. The molecule has 1 aliphatic heterocycles. The number of esters is 1. The molecular weight excluding hydrogens is 484 g/mol. The molecule has 38 heavy (non-hydrogen) atoms. The van der Waals surface area contributed by atoms with Crippen LogP contribution < -0.4 is 29.4 Å². The topological polar surface area (TPSA) is 113 Å². The number of nitrogens with two attached hydrogens (primary N) is 1. The number of hydrogen-bond donors (Lipinski definition) is 1. The van der Waals surface area contributed by atoms with Gasteiger partial charge in [0, 0.05) is 17.2 Å². The zero-order chi connectivity index (χ0) is 27.4. The Labute approximate surface area is 222 Å². The van der Waals surface area contributed by atoms with Gasteiger partial charge in [0.2, 0.25) is 5.88 Å². The van der Waals surface area contributed by atoms with Gasteiger partial charge in [-0.25, -0.2) is 4.79 Å². The van der Waals surface area contributed by atoms with Gasteiger partial charge in [0.1, 0.15) is 40.4 Å². The van der Waals surface area contributed by atoms with Crippen molar-refractivity contribution in [2.45, 2.75) is 32.1 Å². The third kappa shape index (κ3) is 5.52. The Bertz CT molecular complexity index is 1410. The molecule has 4 rings (SSSR count). The summed E-state index contributed by atoms with van der Waals surface area (Å²) in [4.78, 5) is 12.5. The second kappa shape index (κ2) is 10.8. The number of nitrogens with zero attached hydrogens (tertiary/aromatic N) is 1. The molecule has 3 aromatic rings. The van der Waals surface area contributed by atoms with Gasteiger partial charge in [-0.1, -0.05) is 39.0 Å². The van der Waals surface area contributed by atoms with Crippen molar-refractivity contribution in [3.63, 3.8) is 0 Å². The van der Waals surface area contributed by atoms with Gasteiger partial charge >= 0.3 is 5.97 Å². The summed E-state index contributed by atoms with van der Waals surface area (Å²) in [6, 6.07) is 20.0. The van der Waals surface area contributed by atoms with Gasteiger partial charge in [0.15, 0.2) is 6.61 Å². The molecule has 1 heterocycles. The molecule has 8 heteroatoms. The Morgan fingerprint density at radius 1 is 0.947 bits per heavy atom. The maximum Gasteiger partial charge on any atom is 0.349 e.